The number of fused-ring (bicyclic) bond motifs is 5. The Morgan fingerprint density at radius 2 is 1.40 bits per heavy atom. The van der Waals surface area contributed by atoms with Crippen LogP contribution in [0.5, 0.6) is 0 Å². The Morgan fingerprint density at radius 1 is 0.762 bits per heavy atom. The SMILES string of the molecule is CC(C)CCC[C@@H](C)C1CCC2[C@@H]3CC=C4C[C@@H](SSCCC(=O)N(CCCCCCCC(C)NC(=O)OC(C)(C)C)CCC(C)NC(=O)OC(C)(C)C)CC[C@]4(C)C3CC[C@@]21C.[HH].[HH].[HH].[HH].[HH]. The van der Waals surface area contributed by atoms with E-state index in [2.05, 4.69) is 51.3 Å². The van der Waals surface area contributed by atoms with Gasteiger partial charge in [-0.05, 0) is 172 Å². The second-order valence-corrected chi connectivity index (χ2v) is 26.4. The van der Waals surface area contributed by atoms with E-state index in [9.17, 15) is 14.4 Å². The fourth-order valence-electron chi connectivity index (χ4n) is 12.3. The van der Waals surface area contributed by atoms with Crippen LogP contribution in [0.25, 0.3) is 0 Å². The van der Waals surface area contributed by atoms with E-state index < -0.39 is 17.3 Å². The maximum atomic E-state index is 13.8. The van der Waals surface area contributed by atoms with Gasteiger partial charge in [-0.15, -0.1) is 0 Å². The van der Waals surface area contributed by atoms with Gasteiger partial charge in [-0.25, -0.2) is 9.59 Å². The van der Waals surface area contributed by atoms with Crippen LogP contribution in [0.15, 0.2) is 11.6 Å². The predicted octanol–water partition coefficient (Wildman–Crippen LogP) is 15.8. The molecule has 2 N–H and O–H groups in total. The second kappa shape index (κ2) is 24.5. The third-order valence-electron chi connectivity index (χ3n) is 15.6. The van der Waals surface area contributed by atoms with Crippen molar-refractivity contribution in [2.24, 2.45) is 46.3 Å². The van der Waals surface area contributed by atoms with E-state index >= 15 is 0 Å². The summed E-state index contributed by atoms with van der Waals surface area (Å²) in [5.41, 5.74) is 1.62. The molecular formula is C53H105N3O5S2. The van der Waals surface area contributed by atoms with Crippen molar-refractivity contribution in [3.8, 4) is 0 Å². The van der Waals surface area contributed by atoms with Crippen molar-refractivity contribution in [1.82, 2.24) is 15.5 Å². The quantitative estimate of drug-likeness (QED) is 0.0598. The highest BCUT2D eigenvalue weighted by Crippen LogP contribution is 2.67. The van der Waals surface area contributed by atoms with Crippen LogP contribution in [-0.4, -0.2) is 70.4 Å². The molecule has 4 aliphatic rings. The number of ether oxygens (including phenoxy) is 2. The van der Waals surface area contributed by atoms with Gasteiger partial charge in [-0.3, -0.25) is 4.79 Å². The van der Waals surface area contributed by atoms with Gasteiger partial charge in [0.2, 0.25) is 5.91 Å². The summed E-state index contributed by atoms with van der Waals surface area (Å²) in [6, 6.07) is -0.0264. The lowest BCUT2D eigenvalue weighted by Gasteiger charge is -2.58. The minimum absolute atomic E-state index is 0. The lowest BCUT2D eigenvalue weighted by Crippen LogP contribution is -2.50. The van der Waals surface area contributed by atoms with Gasteiger partial charge in [-0.2, -0.15) is 0 Å². The standard InChI is InChI=1S/C53H95N3O5S2.5H2/c1-37(2)20-19-21-38(3)44-25-26-45-43-24-23-41-36-42(27-31-52(41,12)46(43)28-32-53(44,45)13)63-62-35-30-47(57)56(34-29-40(5)55-49(59)61-51(9,10)11)33-18-16-14-15-17-22-39(4)54-48(58)60-50(6,7)8;;;;;/h23,37-40,42-46H,14-22,24-36H2,1-13H3,(H,54,58)(H,55,59);5*1H/t38-,39?,40?,42+,43+,44?,45?,46?,52+,53-;;;;;/m1...../s1. The zero-order valence-electron chi connectivity index (χ0n) is 42.6. The summed E-state index contributed by atoms with van der Waals surface area (Å²) < 4.78 is 10.9. The maximum absolute atomic E-state index is 13.8. The van der Waals surface area contributed by atoms with Gasteiger partial charge in [0.1, 0.15) is 11.2 Å². The highest BCUT2D eigenvalue weighted by molar-refractivity contribution is 8.76. The number of hydrogen-bond acceptors (Lipinski definition) is 7. The van der Waals surface area contributed by atoms with Gasteiger partial charge in [0, 0.05) is 49.7 Å². The van der Waals surface area contributed by atoms with Crippen molar-refractivity contribution in [2.75, 3.05) is 18.8 Å². The third-order valence-corrected chi connectivity index (χ3v) is 18.5. The summed E-state index contributed by atoms with van der Waals surface area (Å²) in [5, 5.41) is 6.53. The van der Waals surface area contributed by atoms with E-state index in [0.29, 0.717) is 35.5 Å². The molecule has 0 bridgehead atoms. The van der Waals surface area contributed by atoms with Crippen LogP contribution >= 0.6 is 21.6 Å². The fraction of sp³-hybridized carbons (Fsp3) is 0.906. The smallest absolute Gasteiger partial charge is 0.407 e. The van der Waals surface area contributed by atoms with Crippen LogP contribution < -0.4 is 10.6 Å². The minimum Gasteiger partial charge on any atom is -0.444 e. The van der Waals surface area contributed by atoms with Gasteiger partial charge < -0.3 is 25.0 Å². The van der Waals surface area contributed by atoms with E-state index in [4.69, 9.17) is 9.47 Å². The Kier molecular flexibility index (Phi) is 21.0. The number of nitrogens with zero attached hydrogens (tertiary/aromatic N) is 1. The Hall–Kier alpha value is -1.55. The molecule has 5 unspecified atom stereocenters. The molecule has 0 radical (unpaired) electrons. The van der Waals surface area contributed by atoms with E-state index in [-0.39, 0.29) is 31.2 Å². The van der Waals surface area contributed by atoms with Crippen LogP contribution in [0.3, 0.4) is 0 Å². The summed E-state index contributed by atoms with van der Waals surface area (Å²) in [6.07, 6.45) is 24.5. The number of carbonyl (C=O) groups is 3. The van der Waals surface area contributed by atoms with Gasteiger partial charge >= 0.3 is 12.2 Å². The molecular weight excluding hydrogens is 823 g/mol. The number of alkyl carbamates (subject to hydrolysis) is 2. The van der Waals surface area contributed by atoms with Crippen LogP contribution in [0.2, 0.25) is 0 Å². The molecule has 0 spiro atoms. The summed E-state index contributed by atoms with van der Waals surface area (Å²) in [6.45, 7) is 29.3. The molecule has 0 aliphatic heterocycles. The second-order valence-electron chi connectivity index (χ2n) is 23.6. The molecule has 63 heavy (non-hydrogen) atoms. The van der Waals surface area contributed by atoms with Crippen molar-refractivity contribution < 1.29 is 31.0 Å². The van der Waals surface area contributed by atoms with Crippen LogP contribution in [0.1, 0.15) is 219 Å². The Bertz CT molecular complexity index is 1500. The number of unbranched alkanes of at least 4 members (excludes halogenated alkanes) is 4. The highest BCUT2D eigenvalue weighted by atomic mass is 33.1. The number of allylic oxidation sites excluding steroid dienone is 2. The first-order valence-corrected chi connectivity index (χ1v) is 28.1. The summed E-state index contributed by atoms with van der Waals surface area (Å²) in [7, 11) is 3.95. The highest BCUT2D eigenvalue weighted by Gasteiger charge is 2.59. The van der Waals surface area contributed by atoms with Crippen LogP contribution in [-0.2, 0) is 14.3 Å². The molecule has 3 saturated carbocycles. The lowest BCUT2D eigenvalue weighted by atomic mass is 9.47. The van der Waals surface area contributed by atoms with E-state index in [1.807, 2.05) is 81.9 Å². The van der Waals surface area contributed by atoms with Crippen LogP contribution in [0, 0.1) is 46.3 Å². The van der Waals surface area contributed by atoms with E-state index in [0.717, 1.165) is 86.3 Å². The number of amides is 3. The molecule has 0 saturated heterocycles. The first-order chi connectivity index (χ1) is 29.5. The Labute approximate surface area is 402 Å². The minimum atomic E-state index is -0.551. The van der Waals surface area contributed by atoms with Gasteiger partial charge in [0.05, 0.1) is 0 Å². The first-order valence-electron chi connectivity index (χ1n) is 25.7. The molecule has 10 atom stereocenters. The summed E-state index contributed by atoms with van der Waals surface area (Å²) in [5.74, 6) is 6.27. The predicted molar refractivity (Wildman–Crippen MR) is 279 cm³/mol. The molecule has 374 valence electrons. The van der Waals surface area contributed by atoms with Crippen molar-refractivity contribution in [2.45, 2.75) is 241 Å². The first kappa shape index (κ1) is 54.1. The average Bonchev–Trinajstić information content (AvgIpc) is 3.52. The topological polar surface area (TPSA) is 97.0 Å². The largest absolute Gasteiger partial charge is 0.444 e. The van der Waals surface area contributed by atoms with E-state index in [1.54, 1.807) is 5.57 Å². The lowest BCUT2D eigenvalue weighted by molar-refractivity contribution is -0.131. The number of hydrogen-bond donors (Lipinski definition) is 2. The third kappa shape index (κ3) is 16.9. The Morgan fingerprint density at radius 3 is 2.05 bits per heavy atom. The van der Waals surface area contributed by atoms with E-state index in [1.165, 1.54) is 70.6 Å². The zero-order valence-corrected chi connectivity index (χ0v) is 44.3. The maximum Gasteiger partial charge on any atom is 0.407 e. The summed E-state index contributed by atoms with van der Waals surface area (Å²) >= 11 is 0. The summed E-state index contributed by atoms with van der Waals surface area (Å²) in [4.78, 5) is 40.3. The fourth-order valence-corrected chi connectivity index (χ4v) is 14.9. The molecule has 10 heteroatoms. The van der Waals surface area contributed by atoms with Gasteiger partial charge in [-0.1, -0.05) is 113 Å². The normalized spacial score (nSPS) is 28.5. The van der Waals surface area contributed by atoms with Crippen LogP contribution in [0.4, 0.5) is 9.59 Å². The number of nitrogens with one attached hydrogen (secondary N) is 2. The van der Waals surface area contributed by atoms with Gasteiger partial charge in [0.15, 0.2) is 0 Å². The number of carbonyl (C=O) groups excluding carboxylic acids is 3. The Balaban J connectivity index is 0. The molecule has 0 aromatic carbocycles. The van der Waals surface area contributed by atoms with Crippen molar-refractivity contribution in [3.63, 3.8) is 0 Å². The molecule has 0 heterocycles. The molecule has 3 amide bonds. The van der Waals surface area contributed by atoms with Crippen molar-refractivity contribution in [1.29, 1.82) is 0 Å². The molecule has 3 fully saturated rings. The van der Waals surface area contributed by atoms with Crippen molar-refractivity contribution in [3.05, 3.63) is 11.6 Å². The zero-order chi connectivity index (χ0) is 46.6. The molecule has 0 aromatic heterocycles. The monoisotopic (exact) mass is 928 g/mol. The molecule has 0 aromatic rings. The number of rotatable bonds is 23. The molecule has 8 nitrogen and oxygen atoms in total. The van der Waals surface area contributed by atoms with Gasteiger partial charge in [0.25, 0.3) is 0 Å². The van der Waals surface area contributed by atoms with Crippen molar-refractivity contribution >= 4 is 39.7 Å². The molecule has 4 rings (SSSR count). The average molecular weight is 929 g/mol. The molecule has 4 aliphatic carbocycles.